The Balaban J connectivity index is 2.56. The highest BCUT2D eigenvalue weighted by Crippen LogP contribution is 2.14. The molecule has 0 aromatic carbocycles. The van der Waals surface area contributed by atoms with Gasteiger partial charge in [-0.3, -0.25) is 5.10 Å². The molecule has 0 aliphatic carbocycles. The number of aromatic amines is 1. The number of anilines is 2. The number of hydrogen-bond acceptors (Lipinski definition) is 4. The Bertz CT molecular complexity index is 231. The van der Waals surface area contributed by atoms with Crippen LogP contribution in [-0.4, -0.2) is 28.0 Å². The number of aromatic nitrogens is 2. The maximum atomic E-state index is 8.88. The van der Waals surface area contributed by atoms with Crippen molar-refractivity contribution >= 4 is 11.5 Å². The van der Waals surface area contributed by atoms with E-state index < -0.39 is 0 Å². The summed E-state index contributed by atoms with van der Waals surface area (Å²) in [5.41, 5.74) is 6.28. The molecule has 0 radical (unpaired) electrons. The first-order chi connectivity index (χ1) is 5.77. The number of nitrogens with two attached hydrogens (primary N) is 1. The van der Waals surface area contributed by atoms with Crippen molar-refractivity contribution in [1.82, 2.24) is 10.2 Å². The second-order valence-electron chi connectivity index (χ2n) is 2.63. The summed E-state index contributed by atoms with van der Waals surface area (Å²) >= 11 is 0. The largest absolute Gasteiger partial charge is 0.394 e. The molecular formula is C7H14N4O. The molecule has 0 amide bonds. The van der Waals surface area contributed by atoms with Crippen molar-refractivity contribution in [3.63, 3.8) is 0 Å². The minimum absolute atomic E-state index is 0.0462. The molecular weight excluding hydrogens is 156 g/mol. The Morgan fingerprint density at radius 2 is 2.58 bits per heavy atom. The highest BCUT2D eigenvalue weighted by Gasteiger charge is 2.06. The molecule has 1 rings (SSSR count). The highest BCUT2D eigenvalue weighted by atomic mass is 16.3. The third-order valence-electron chi connectivity index (χ3n) is 1.74. The molecule has 1 aromatic rings. The van der Waals surface area contributed by atoms with Crippen molar-refractivity contribution in [2.24, 2.45) is 0 Å². The number of aliphatic hydroxyl groups is 1. The molecule has 0 bridgehead atoms. The number of nitrogens with one attached hydrogen (secondary N) is 2. The predicted molar refractivity (Wildman–Crippen MR) is 47.8 cm³/mol. The summed E-state index contributed by atoms with van der Waals surface area (Å²) < 4.78 is 0. The summed E-state index contributed by atoms with van der Waals surface area (Å²) in [6.45, 7) is 2.09. The van der Waals surface area contributed by atoms with Crippen LogP contribution in [0.25, 0.3) is 0 Å². The lowest BCUT2D eigenvalue weighted by atomic mass is 10.2. The van der Waals surface area contributed by atoms with Gasteiger partial charge < -0.3 is 16.2 Å². The number of aliphatic hydroxyl groups excluding tert-OH is 1. The smallest absolute Gasteiger partial charge is 0.142 e. The molecule has 0 aliphatic heterocycles. The highest BCUT2D eigenvalue weighted by molar-refractivity contribution is 5.60. The van der Waals surface area contributed by atoms with Crippen molar-refractivity contribution in [1.29, 1.82) is 0 Å². The third-order valence-corrected chi connectivity index (χ3v) is 1.74. The summed E-state index contributed by atoms with van der Waals surface area (Å²) in [7, 11) is 0. The van der Waals surface area contributed by atoms with E-state index in [1.54, 1.807) is 6.20 Å². The van der Waals surface area contributed by atoms with Crippen LogP contribution in [0.3, 0.4) is 0 Å². The van der Waals surface area contributed by atoms with Gasteiger partial charge >= 0.3 is 0 Å². The van der Waals surface area contributed by atoms with Gasteiger partial charge in [0.05, 0.1) is 18.5 Å². The van der Waals surface area contributed by atoms with E-state index in [9.17, 15) is 0 Å². The first kappa shape index (κ1) is 8.86. The molecule has 0 saturated heterocycles. The molecule has 0 fully saturated rings. The van der Waals surface area contributed by atoms with Crippen LogP contribution in [-0.2, 0) is 0 Å². The number of nitrogen functional groups attached to an aromatic ring is 1. The summed E-state index contributed by atoms with van der Waals surface area (Å²) in [5.74, 6) is 0.502. The number of rotatable bonds is 4. The topological polar surface area (TPSA) is 87.0 Å². The molecule has 0 aliphatic rings. The normalized spacial score (nSPS) is 12.8. The molecule has 0 saturated carbocycles. The fourth-order valence-electron chi connectivity index (χ4n) is 0.908. The SMILES string of the molecule is CCC(CO)Nc1cn[nH]c1N. The zero-order valence-electron chi connectivity index (χ0n) is 7.04. The molecule has 5 nitrogen and oxygen atoms in total. The zero-order chi connectivity index (χ0) is 8.97. The standard InChI is InChI=1S/C7H14N4O/c1-2-5(4-12)10-6-3-9-11-7(6)8/h3,5,10,12H,2,4H2,1H3,(H3,8,9,11). The summed E-state index contributed by atoms with van der Waals surface area (Å²) in [6.07, 6.45) is 2.45. The van der Waals surface area contributed by atoms with E-state index in [4.69, 9.17) is 10.8 Å². The maximum Gasteiger partial charge on any atom is 0.142 e. The maximum absolute atomic E-state index is 8.88. The van der Waals surface area contributed by atoms with Crippen LogP contribution in [0.4, 0.5) is 11.5 Å². The lowest BCUT2D eigenvalue weighted by Gasteiger charge is -2.13. The van der Waals surface area contributed by atoms with Crippen LogP contribution >= 0.6 is 0 Å². The molecule has 0 spiro atoms. The summed E-state index contributed by atoms with van der Waals surface area (Å²) in [5, 5.41) is 18.3. The Labute approximate surface area is 71.0 Å². The Morgan fingerprint density at radius 3 is 3.00 bits per heavy atom. The van der Waals surface area contributed by atoms with Crippen molar-refractivity contribution < 1.29 is 5.11 Å². The van der Waals surface area contributed by atoms with Gasteiger partial charge in [0.2, 0.25) is 0 Å². The molecule has 12 heavy (non-hydrogen) atoms. The molecule has 1 unspecified atom stereocenters. The Kier molecular flexibility index (Phi) is 2.93. The van der Waals surface area contributed by atoms with Crippen LogP contribution in [0.2, 0.25) is 0 Å². The molecule has 1 atom stereocenters. The number of nitrogens with zero attached hydrogens (tertiary/aromatic N) is 1. The lowest BCUT2D eigenvalue weighted by molar-refractivity contribution is 0.272. The molecule has 68 valence electrons. The van der Waals surface area contributed by atoms with E-state index in [0.717, 1.165) is 12.1 Å². The Morgan fingerprint density at radius 1 is 1.83 bits per heavy atom. The average Bonchev–Trinajstić information content (AvgIpc) is 2.47. The second-order valence-corrected chi connectivity index (χ2v) is 2.63. The van der Waals surface area contributed by atoms with Gasteiger partial charge in [0.25, 0.3) is 0 Å². The molecule has 1 heterocycles. The van der Waals surface area contributed by atoms with Crippen molar-refractivity contribution in [2.45, 2.75) is 19.4 Å². The first-order valence-corrected chi connectivity index (χ1v) is 3.94. The van der Waals surface area contributed by atoms with Gasteiger partial charge in [-0.25, -0.2) is 0 Å². The molecule has 5 heteroatoms. The van der Waals surface area contributed by atoms with E-state index in [1.807, 2.05) is 6.92 Å². The van der Waals surface area contributed by atoms with Gasteiger partial charge in [-0.15, -0.1) is 0 Å². The van der Waals surface area contributed by atoms with Gasteiger partial charge in [0.15, 0.2) is 0 Å². The number of H-pyrrole nitrogens is 1. The summed E-state index contributed by atoms with van der Waals surface area (Å²) in [4.78, 5) is 0. The minimum Gasteiger partial charge on any atom is -0.394 e. The van der Waals surface area contributed by atoms with Crippen molar-refractivity contribution in [2.75, 3.05) is 17.7 Å². The van der Waals surface area contributed by atoms with Gasteiger partial charge in [0, 0.05) is 6.04 Å². The van der Waals surface area contributed by atoms with Gasteiger partial charge in [-0.2, -0.15) is 5.10 Å². The van der Waals surface area contributed by atoms with Gasteiger partial charge in [-0.1, -0.05) is 6.92 Å². The van der Waals surface area contributed by atoms with Crippen LogP contribution in [0.5, 0.6) is 0 Å². The molecule has 1 aromatic heterocycles. The monoisotopic (exact) mass is 170 g/mol. The quantitative estimate of drug-likeness (QED) is 0.519. The van der Waals surface area contributed by atoms with Gasteiger partial charge in [0.1, 0.15) is 5.82 Å². The van der Waals surface area contributed by atoms with Crippen LogP contribution in [0.1, 0.15) is 13.3 Å². The van der Waals surface area contributed by atoms with E-state index in [1.165, 1.54) is 0 Å². The van der Waals surface area contributed by atoms with E-state index in [-0.39, 0.29) is 12.6 Å². The average molecular weight is 170 g/mol. The van der Waals surface area contributed by atoms with E-state index >= 15 is 0 Å². The minimum atomic E-state index is 0.0462. The second kappa shape index (κ2) is 3.96. The summed E-state index contributed by atoms with van der Waals surface area (Å²) in [6, 6.07) is 0.0462. The fraction of sp³-hybridized carbons (Fsp3) is 0.571. The van der Waals surface area contributed by atoms with Crippen LogP contribution < -0.4 is 11.1 Å². The van der Waals surface area contributed by atoms with Crippen molar-refractivity contribution in [3.05, 3.63) is 6.20 Å². The third kappa shape index (κ3) is 1.88. The lowest BCUT2D eigenvalue weighted by Crippen LogP contribution is -2.22. The predicted octanol–water partition coefficient (Wildman–Crippen LogP) is 0.175. The van der Waals surface area contributed by atoms with E-state index in [2.05, 4.69) is 15.5 Å². The van der Waals surface area contributed by atoms with Crippen LogP contribution in [0.15, 0.2) is 6.20 Å². The van der Waals surface area contributed by atoms with Crippen LogP contribution in [0, 0.1) is 0 Å². The zero-order valence-corrected chi connectivity index (χ0v) is 7.04. The molecule has 5 N–H and O–H groups in total. The van der Waals surface area contributed by atoms with Gasteiger partial charge in [-0.05, 0) is 6.42 Å². The Hall–Kier alpha value is -1.23. The van der Waals surface area contributed by atoms with Crippen molar-refractivity contribution in [3.8, 4) is 0 Å². The fourth-order valence-corrected chi connectivity index (χ4v) is 0.908. The van der Waals surface area contributed by atoms with E-state index in [0.29, 0.717) is 5.82 Å². The first-order valence-electron chi connectivity index (χ1n) is 3.94. The number of hydrogen-bond donors (Lipinski definition) is 4.